The second-order valence-corrected chi connectivity index (χ2v) is 5.25. The van der Waals surface area contributed by atoms with Gasteiger partial charge in [-0.3, -0.25) is 0 Å². The quantitative estimate of drug-likeness (QED) is 0.743. The fraction of sp³-hybridized carbons (Fsp3) is 0.733. The van der Waals surface area contributed by atoms with Gasteiger partial charge in [-0.2, -0.15) is 0 Å². The van der Waals surface area contributed by atoms with Crippen molar-refractivity contribution in [3.8, 4) is 0 Å². The van der Waals surface area contributed by atoms with Gasteiger partial charge in [-0.25, -0.2) is 9.97 Å². The number of nitrogens with zero attached hydrogens (tertiary/aromatic N) is 2. The fourth-order valence-electron chi connectivity index (χ4n) is 2.06. The van der Waals surface area contributed by atoms with Crippen LogP contribution in [0.15, 0.2) is 12.4 Å². The molecular weight excluding hydrogens is 222 g/mol. The first-order valence-corrected chi connectivity index (χ1v) is 7.25. The minimum atomic E-state index is 0.453. The Morgan fingerprint density at radius 1 is 1.11 bits per heavy atom. The first-order chi connectivity index (χ1) is 8.67. The number of rotatable bonds is 8. The standard InChI is InChI=1S/C15H27N3/c1-5-7-9-13(8-6-2)18-15-10-14(12(3)4)16-11-17-15/h10-13H,5-9H2,1-4H3,(H,16,17,18). The van der Waals surface area contributed by atoms with E-state index in [1.54, 1.807) is 6.33 Å². The van der Waals surface area contributed by atoms with Crippen molar-refractivity contribution in [2.24, 2.45) is 0 Å². The molecule has 0 saturated heterocycles. The van der Waals surface area contributed by atoms with Crippen LogP contribution in [-0.2, 0) is 0 Å². The van der Waals surface area contributed by atoms with Crippen molar-refractivity contribution < 1.29 is 0 Å². The molecule has 0 bridgehead atoms. The van der Waals surface area contributed by atoms with E-state index >= 15 is 0 Å². The zero-order chi connectivity index (χ0) is 13.4. The maximum absolute atomic E-state index is 4.33. The van der Waals surface area contributed by atoms with Crippen molar-refractivity contribution in [1.29, 1.82) is 0 Å². The van der Waals surface area contributed by atoms with Crippen molar-refractivity contribution in [1.82, 2.24) is 9.97 Å². The highest BCUT2D eigenvalue weighted by atomic mass is 15.0. The molecule has 102 valence electrons. The molecule has 1 aromatic heterocycles. The monoisotopic (exact) mass is 249 g/mol. The predicted molar refractivity (Wildman–Crippen MR) is 78.0 cm³/mol. The van der Waals surface area contributed by atoms with E-state index in [4.69, 9.17) is 0 Å². The van der Waals surface area contributed by atoms with Crippen LogP contribution in [0.1, 0.15) is 71.4 Å². The average molecular weight is 249 g/mol. The molecule has 0 fully saturated rings. The number of hydrogen-bond acceptors (Lipinski definition) is 3. The van der Waals surface area contributed by atoms with Crippen molar-refractivity contribution >= 4 is 5.82 Å². The Morgan fingerprint density at radius 2 is 1.89 bits per heavy atom. The highest BCUT2D eigenvalue weighted by molar-refractivity contribution is 5.36. The number of anilines is 1. The number of unbranched alkanes of at least 4 members (excludes halogenated alkanes) is 1. The summed E-state index contributed by atoms with van der Waals surface area (Å²) in [6.45, 7) is 8.80. The summed E-state index contributed by atoms with van der Waals surface area (Å²) in [5.41, 5.74) is 1.11. The molecule has 1 aromatic rings. The summed E-state index contributed by atoms with van der Waals surface area (Å²) in [6.07, 6.45) is 7.85. The second-order valence-electron chi connectivity index (χ2n) is 5.25. The zero-order valence-electron chi connectivity index (χ0n) is 12.2. The summed E-state index contributed by atoms with van der Waals surface area (Å²) in [7, 11) is 0. The molecule has 1 N–H and O–H groups in total. The van der Waals surface area contributed by atoms with E-state index in [9.17, 15) is 0 Å². The van der Waals surface area contributed by atoms with E-state index in [2.05, 4.69) is 49.0 Å². The molecule has 0 saturated carbocycles. The Morgan fingerprint density at radius 3 is 2.50 bits per heavy atom. The fourth-order valence-corrected chi connectivity index (χ4v) is 2.06. The maximum atomic E-state index is 4.33. The Kier molecular flexibility index (Phi) is 6.69. The zero-order valence-corrected chi connectivity index (χ0v) is 12.2. The van der Waals surface area contributed by atoms with Crippen LogP contribution in [0.4, 0.5) is 5.82 Å². The van der Waals surface area contributed by atoms with Gasteiger partial charge in [-0.15, -0.1) is 0 Å². The van der Waals surface area contributed by atoms with Crippen molar-refractivity contribution in [3.05, 3.63) is 18.1 Å². The van der Waals surface area contributed by atoms with Gasteiger partial charge in [0.25, 0.3) is 0 Å². The van der Waals surface area contributed by atoms with Gasteiger partial charge in [0.15, 0.2) is 0 Å². The molecule has 3 nitrogen and oxygen atoms in total. The number of hydrogen-bond donors (Lipinski definition) is 1. The summed E-state index contributed by atoms with van der Waals surface area (Å²) < 4.78 is 0. The Labute approximate surface area is 111 Å². The second kappa shape index (κ2) is 8.06. The molecule has 0 spiro atoms. The van der Waals surface area contributed by atoms with E-state index in [0.29, 0.717) is 12.0 Å². The van der Waals surface area contributed by atoms with Gasteiger partial charge in [0.05, 0.1) is 0 Å². The van der Waals surface area contributed by atoms with Crippen LogP contribution in [0, 0.1) is 0 Å². The summed E-state index contributed by atoms with van der Waals surface area (Å²) in [4.78, 5) is 8.63. The molecule has 0 aliphatic carbocycles. The largest absolute Gasteiger partial charge is 0.367 e. The van der Waals surface area contributed by atoms with Gasteiger partial charge in [-0.1, -0.05) is 47.0 Å². The van der Waals surface area contributed by atoms with Crippen LogP contribution >= 0.6 is 0 Å². The predicted octanol–water partition coefficient (Wildman–Crippen LogP) is 4.37. The molecule has 0 radical (unpaired) electrons. The van der Waals surface area contributed by atoms with Crippen LogP contribution in [0.5, 0.6) is 0 Å². The highest BCUT2D eigenvalue weighted by Crippen LogP contribution is 2.17. The molecular formula is C15H27N3. The Balaban J connectivity index is 2.64. The third kappa shape index (κ3) is 5.03. The number of nitrogens with one attached hydrogen (secondary N) is 1. The molecule has 0 aliphatic rings. The van der Waals surface area contributed by atoms with Crippen LogP contribution in [0.3, 0.4) is 0 Å². The molecule has 1 atom stereocenters. The van der Waals surface area contributed by atoms with Crippen LogP contribution < -0.4 is 5.32 Å². The summed E-state index contributed by atoms with van der Waals surface area (Å²) in [6, 6.07) is 2.63. The summed E-state index contributed by atoms with van der Waals surface area (Å²) in [5.74, 6) is 1.43. The SMILES string of the molecule is CCCCC(CCC)Nc1cc(C(C)C)ncn1. The van der Waals surface area contributed by atoms with E-state index in [-0.39, 0.29) is 0 Å². The lowest BCUT2D eigenvalue weighted by molar-refractivity contribution is 0.562. The van der Waals surface area contributed by atoms with Gasteiger partial charge < -0.3 is 5.32 Å². The molecule has 1 heterocycles. The first kappa shape index (κ1) is 14.9. The number of aromatic nitrogens is 2. The molecule has 18 heavy (non-hydrogen) atoms. The van der Waals surface area contributed by atoms with Gasteiger partial charge in [0.2, 0.25) is 0 Å². The minimum absolute atomic E-state index is 0.453. The van der Waals surface area contributed by atoms with Crippen LogP contribution in [0.2, 0.25) is 0 Å². The van der Waals surface area contributed by atoms with E-state index < -0.39 is 0 Å². The summed E-state index contributed by atoms with van der Waals surface area (Å²) in [5, 5.41) is 3.56. The van der Waals surface area contributed by atoms with Crippen molar-refractivity contribution in [2.45, 2.75) is 71.8 Å². The van der Waals surface area contributed by atoms with Gasteiger partial charge in [-0.05, 0) is 18.8 Å². The maximum Gasteiger partial charge on any atom is 0.129 e. The minimum Gasteiger partial charge on any atom is -0.367 e. The van der Waals surface area contributed by atoms with Crippen LogP contribution in [-0.4, -0.2) is 16.0 Å². The Hall–Kier alpha value is -1.12. The van der Waals surface area contributed by atoms with E-state index in [0.717, 1.165) is 11.5 Å². The van der Waals surface area contributed by atoms with Crippen LogP contribution in [0.25, 0.3) is 0 Å². The molecule has 3 heteroatoms. The highest BCUT2D eigenvalue weighted by Gasteiger charge is 2.09. The van der Waals surface area contributed by atoms with Gasteiger partial charge in [0.1, 0.15) is 12.1 Å². The lowest BCUT2D eigenvalue weighted by Gasteiger charge is -2.19. The molecule has 1 unspecified atom stereocenters. The van der Waals surface area contributed by atoms with Gasteiger partial charge >= 0.3 is 0 Å². The van der Waals surface area contributed by atoms with Crippen molar-refractivity contribution in [2.75, 3.05) is 5.32 Å². The molecule has 0 aliphatic heterocycles. The smallest absolute Gasteiger partial charge is 0.129 e. The third-order valence-corrected chi connectivity index (χ3v) is 3.18. The Bertz CT molecular complexity index is 336. The first-order valence-electron chi connectivity index (χ1n) is 7.25. The molecule has 1 rings (SSSR count). The lowest BCUT2D eigenvalue weighted by Crippen LogP contribution is -2.20. The van der Waals surface area contributed by atoms with Gasteiger partial charge in [0, 0.05) is 17.8 Å². The lowest BCUT2D eigenvalue weighted by atomic mass is 10.0. The van der Waals surface area contributed by atoms with Crippen molar-refractivity contribution in [3.63, 3.8) is 0 Å². The average Bonchev–Trinajstić information content (AvgIpc) is 2.36. The topological polar surface area (TPSA) is 37.8 Å². The molecule has 0 amide bonds. The molecule has 0 aromatic carbocycles. The third-order valence-electron chi connectivity index (χ3n) is 3.18. The van der Waals surface area contributed by atoms with E-state index in [1.807, 2.05) is 0 Å². The summed E-state index contributed by atoms with van der Waals surface area (Å²) >= 11 is 0. The van der Waals surface area contributed by atoms with E-state index in [1.165, 1.54) is 32.1 Å². The normalized spacial score (nSPS) is 12.7.